The normalized spacial score (nSPS) is 42.7. The number of ketones is 1. The third kappa shape index (κ3) is 3.05. The van der Waals surface area contributed by atoms with Crippen molar-refractivity contribution in [2.75, 3.05) is 20.5 Å². The molecule has 0 N–H and O–H groups in total. The monoisotopic (exact) mass is 294 g/mol. The minimum Gasteiger partial charge on any atom is -0.359 e. The van der Waals surface area contributed by atoms with Gasteiger partial charge in [-0.1, -0.05) is 13.3 Å². The smallest absolute Gasteiger partial charge is 0.146 e. The summed E-state index contributed by atoms with van der Waals surface area (Å²) in [6, 6.07) is 0. The first-order valence-electron chi connectivity index (χ1n) is 8.73. The minimum absolute atomic E-state index is 0.0373. The molecule has 3 fully saturated rings. The number of methoxy groups -OCH3 is 1. The molecule has 0 unspecified atom stereocenters. The summed E-state index contributed by atoms with van der Waals surface area (Å²) in [6.07, 6.45) is 9.67. The Kier molecular flexibility index (Phi) is 4.70. The average molecular weight is 294 g/mol. The van der Waals surface area contributed by atoms with Gasteiger partial charge in [0.15, 0.2) is 0 Å². The third-order valence-corrected chi connectivity index (χ3v) is 6.65. The Morgan fingerprint density at radius 1 is 1.19 bits per heavy atom. The molecule has 0 aromatic rings. The van der Waals surface area contributed by atoms with Crippen molar-refractivity contribution in [1.82, 2.24) is 0 Å². The summed E-state index contributed by atoms with van der Waals surface area (Å²) in [4.78, 5) is 12.2. The fraction of sp³-hybridized carbons (Fsp3) is 0.944. The van der Waals surface area contributed by atoms with Gasteiger partial charge in [0.1, 0.15) is 12.6 Å². The lowest BCUT2D eigenvalue weighted by Crippen LogP contribution is -2.42. The van der Waals surface area contributed by atoms with Crippen LogP contribution in [0.3, 0.4) is 0 Å². The van der Waals surface area contributed by atoms with Gasteiger partial charge < -0.3 is 9.47 Å². The van der Waals surface area contributed by atoms with Crippen LogP contribution in [0.5, 0.6) is 0 Å². The molecule has 0 saturated heterocycles. The highest BCUT2D eigenvalue weighted by Crippen LogP contribution is 2.57. The lowest BCUT2D eigenvalue weighted by atomic mass is 9.56. The highest BCUT2D eigenvalue weighted by atomic mass is 16.7. The van der Waals surface area contributed by atoms with Crippen LogP contribution in [0.15, 0.2) is 0 Å². The molecule has 3 aliphatic carbocycles. The van der Waals surface area contributed by atoms with Gasteiger partial charge in [0, 0.05) is 25.6 Å². The van der Waals surface area contributed by atoms with Crippen LogP contribution in [-0.2, 0) is 14.3 Å². The largest absolute Gasteiger partial charge is 0.359 e. The van der Waals surface area contributed by atoms with Gasteiger partial charge in [0.2, 0.25) is 0 Å². The van der Waals surface area contributed by atoms with Crippen LogP contribution in [-0.4, -0.2) is 26.3 Å². The Hall–Kier alpha value is -0.410. The second-order valence-electron chi connectivity index (χ2n) is 7.82. The van der Waals surface area contributed by atoms with E-state index in [-0.39, 0.29) is 5.41 Å². The number of ether oxygens (including phenoxy) is 2. The van der Waals surface area contributed by atoms with Crippen molar-refractivity contribution in [3.63, 3.8) is 0 Å². The average Bonchev–Trinajstić information content (AvgIpc) is 2.76. The van der Waals surface area contributed by atoms with Crippen LogP contribution < -0.4 is 0 Å². The van der Waals surface area contributed by atoms with Gasteiger partial charge in [-0.25, -0.2) is 0 Å². The molecule has 3 saturated carbocycles. The summed E-state index contributed by atoms with van der Waals surface area (Å²) in [6.45, 7) is 3.50. The maximum Gasteiger partial charge on any atom is 0.146 e. The Bertz CT molecular complexity index is 381. The highest BCUT2D eigenvalue weighted by molar-refractivity contribution is 5.87. The van der Waals surface area contributed by atoms with Gasteiger partial charge in [-0.2, -0.15) is 0 Å². The Morgan fingerprint density at radius 3 is 2.86 bits per heavy atom. The maximum atomic E-state index is 12.2. The zero-order valence-electron chi connectivity index (χ0n) is 13.6. The fourth-order valence-corrected chi connectivity index (χ4v) is 5.34. The molecule has 3 aliphatic rings. The quantitative estimate of drug-likeness (QED) is 0.571. The van der Waals surface area contributed by atoms with Crippen LogP contribution in [0, 0.1) is 29.1 Å². The van der Waals surface area contributed by atoms with Gasteiger partial charge in [-0.15, -0.1) is 0 Å². The van der Waals surface area contributed by atoms with Crippen molar-refractivity contribution in [3.05, 3.63) is 0 Å². The number of hydrogen-bond donors (Lipinski definition) is 0. The van der Waals surface area contributed by atoms with E-state index in [4.69, 9.17) is 9.47 Å². The number of hydrogen-bond acceptors (Lipinski definition) is 3. The summed E-state index contributed by atoms with van der Waals surface area (Å²) >= 11 is 0. The number of Topliss-reactive ketones (excluding diaryl/α,β-unsaturated/α-hetero) is 1. The van der Waals surface area contributed by atoms with E-state index in [1.807, 2.05) is 0 Å². The van der Waals surface area contributed by atoms with Crippen molar-refractivity contribution in [3.8, 4) is 0 Å². The molecular formula is C18H30O3. The number of rotatable bonds is 5. The molecule has 5 atom stereocenters. The van der Waals surface area contributed by atoms with E-state index in [0.29, 0.717) is 18.5 Å². The molecule has 0 heterocycles. The van der Waals surface area contributed by atoms with Crippen LogP contribution in [0.25, 0.3) is 0 Å². The molecule has 21 heavy (non-hydrogen) atoms. The van der Waals surface area contributed by atoms with E-state index in [9.17, 15) is 4.79 Å². The molecule has 3 nitrogen and oxygen atoms in total. The van der Waals surface area contributed by atoms with E-state index < -0.39 is 0 Å². The molecule has 0 bridgehead atoms. The molecule has 120 valence electrons. The van der Waals surface area contributed by atoms with E-state index in [2.05, 4.69) is 6.92 Å². The zero-order valence-corrected chi connectivity index (χ0v) is 13.6. The lowest BCUT2D eigenvalue weighted by molar-refractivity contribution is -0.130. The van der Waals surface area contributed by atoms with Gasteiger partial charge in [0.25, 0.3) is 0 Å². The van der Waals surface area contributed by atoms with Crippen LogP contribution in [0.2, 0.25) is 0 Å². The van der Waals surface area contributed by atoms with Gasteiger partial charge in [-0.05, 0) is 62.2 Å². The first kappa shape index (κ1) is 15.5. The van der Waals surface area contributed by atoms with Gasteiger partial charge >= 0.3 is 0 Å². The molecule has 3 heteroatoms. The minimum atomic E-state index is 0.0373. The summed E-state index contributed by atoms with van der Waals surface area (Å²) in [5.74, 6) is 3.74. The lowest BCUT2D eigenvalue weighted by Gasteiger charge is -2.48. The van der Waals surface area contributed by atoms with Crippen LogP contribution in [0.4, 0.5) is 0 Å². The molecule has 0 radical (unpaired) electrons. The van der Waals surface area contributed by atoms with Crippen molar-refractivity contribution in [2.24, 2.45) is 29.1 Å². The molecular weight excluding hydrogens is 264 g/mol. The Labute approximate surface area is 128 Å². The molecule has 0 aliphatic heterocycles. The molecule has 0 aromatic heterocycles. The summed E-state index contributed by atoms with van der Waals surface area (Å²) in [5.41, 5.74) is 0.0373. The SMILES string of the molecule is COCOCC[C@H]1CC[C@@H]2C[C@]3(C)C(=O)CC[C@H]3C[C@@H]2C1. The fourth-order valence-electron chi connectivity index (χ4n) is 5.34. The first-order valence-corrected chi connectivity index (χ1v) is 8.73. The zero-order chi connectivity index (χ0) is 14.9. The van der Waals surface area contributed by atoms with E-state index in [1.54, 1.807) is 7.11 Å². The van der Waals surface area contributed by atoms with Crippen molar-refractivity contribution in [1.29, 1.82) is 0 Å². The van der Waals surface area contributed by atoms with Crippen LogP contribution >= 0.6 is 0 Å². The topological polar surface area (TPSA) is 35.5 Å². The Balaban J connectivity index is 1.52. The maximum absolute atomic E-state index is 12.2. The predicted molar refractivity (Wildman–Crippen MR) is 81.8 cm³/mol. The molecule has 3 rings (SSSR count). The van der Waals surface area contributed by atoms with E-state index in [1.165, 1.54) is 38.5 Å². The second-order valence-corrected chi connectivity index (χ2v) is 7.82. The van der Waals surface area contributed by atoms with Crippen molar-refractivity contribution >= 4 is 5.78 Å². The summed E-state index contributed by atoms with van der Waals surface area (Å²) in [7, 11) is 1.67. The molecule has 0 amide bonds. The number of carbonyl (C=O) groups is 1. The number of carbonyl (C=O) groups excluding carboxylic acids is 1. The Morgan fingerprint density at radius 2 is 2.05 bits per heavy atom. The predicted octanol–water partition coefficient (Wildman–Crippen LogP) is 3.81. The van der Waals surface area contributed by atoms with E-state index >= 15 is 0 Å². The molecule has 0 spiro atoms. The number of fused-ring (bicyclic) bond motifs is 2. The van der Waals surface area contributed by atoms with Crippen molar-refractivity contribution in [2.45, 2.75) is 58.3 Å². The van der Waals surface area contributed by atoms with Crippen molar-refractivity contribution < 1.29 is 14.3 Å². The van der Waals surface area contributed by atoms with E-state index in [0.717, 1.165) is 37.2 Å². The second kappa shape index (κ2) is 6.37. The van der Waals surface area contributed by atoms with Crippen LogP contribution in [0.1, 0.15) is 58.3 Å². The summed E-state index contributed by atoms with van der Waals surface area (Å²) < 4.78 is 10.4. The van der Waals surface area contributed by atoms with Gasteiger partial charge in [0.05, 0.1) is 0 Å². The summed E-state index contributed by atoms with van der Waals surface area (Å²) in [5, 5.41) is 0. The third-order valence-electron chi connectivity index (χ3n) is 6.65. The first-order chi connectivity index (χ1) is 10.1. The highest BCUT2D eigenvalue weighted by Gasteiger charge is 2.52. The molecule has 0 aromatic carbocycles. The van der Waals surface area contributed by atoms with Gasteiger partial charge in [-0.3, -0.25) is 4.79 Å². The standard InChI is InChI=1S/C18H30O3/c1-18-11-14-4-3-13(7-8-21-12-20-2)9-15(14)10-16(18)5-6-17(18)19/h13-16H,3-12H2,1-2H3/t13-,14-,15+,16+,18+/m1/s1.